The van der Waals surface area contributed by atoms with Gasteiger partial charge in [-0.2, -0.15) is 0 Å². The molecule has 138 valence electrons. The van der Waals surface area contributed by atoms with Gasteiger partial charge in [0.25, 0.3) is 0 Å². The Bertz CT molecular complexity index is 799. The van der Waals surface area contributed by atoms with E-state index in [-0.39, 0.29) is 18.4 Å². The van der Waals surface area contributed by atoms with E-state index in [9.17, 15) is 9.18 Å². The average Bonchev–Trinajstić information content (AvgIpc) is 2.57. The molecule has 0 saturated carbocycles. The van der Waals surface area contributed by atoms with E-state index in [4.69, 9.17) is 23.2 Å². The molecule has 0 N–H and O–H groups in total. The summed E-state index contributed by atoms with van der Waals surface area (Å²) in [5, 5.41) is 1.07. The summed E-state index contributed by atoms with van der Waals surface area (Å²) < 4.78 is 13.9. The van der Waals surface area contributed by atoms with Gasteiger partial charge in [-0.1, -0.05) is 41.4 Å². The number of halogens is 3. The first-order valence-corrected chi connectivity index (χ1v) is 9.38. The van der Waals surface area contributed by atoms with Crippen LogP contribution in [0.3, 0.4) is 0 Å². The zero-order valence-electron chi connectivity index (χ0n) is 14.6. The van der Waals surface area contributed by atoms with Crippen molar-refractivity contribution < 1.29 is 9.18 Å². The molecule has 0 spiro atoms. The number of piperazine rings is 1. The first-order valence-electron chi connectivity index (χ1n) is 8.62. The van der Waals surface area contributed by atoms with Crippen LogP contribution in [-0.4, -0.2) is 41.4 Å². The highest BCUT2D eigenvalue weighted by atomic mass is 35.5. The van der Waals surface area contributed by atoms with E-state index in [1.165, 1.54) is 6.07 Å². The van der Waals surface area contributed by atoms with E-state index in [0.29, 0.717) is 17.1 Å². The third-order valence-electron chi connectivity index (χ3n) is 4.68. The highest BCUT2D eigenvalue weighted by Crippen LogP contribution is 2.19. The van der Waals surface area contributed by atoms with Crippen LogP contribution in [0.25, 0.3) is 0 Å². The van der Waals surface area contributed by atoms with E-state index >= 15 is 0 Å². The van der Waals surface area contributed by atoms with Crippen molar-refractivity contribution in [2.24, 2.45) is 0 Å². The summed E-state index contributed by atoms with van der Waals surface area (Å²) in [5.41, 5.74) is 1.54. The topological polar surface area (TPSA) is 23.6 Å². The van der Waals surface area contributed by atoms with Gasteiger partial charge in [-0.05, 0) is 42.3 Å². The molecule has 1 amide bonds. The van der Waals surface area contributed by atoms with Crippen LogP contribution in [0.1, 0.15) is 18.1 Å². The Kier molecular flexibility index (Phi) is 6.17. The number of hydrogen-bond acceptors (Lipinski definition) is 2. The fourth-order valence-corrected chi connectivity index (χ4v) is 3.74. The molecule has 0 aromatic heterocycles. The molecule has 0 bridgehead atoms. The molecular weight excluding hydrogens is 374 g/mol. The predicted octanol–water partition coefficient (Wildman–Crippen LogP) is 4.41. The number of carbonyl (C=O) groups is 1. The molecule has 2 aromatic rings. The molecule has 1 fully saturated rings. The standard InChI is InChI=1S/C20H21Cl2FN2O/c1-14-12-24(13-15-3-2-4-17(21)9-15)7-8-25(14)20(26)10-16-5-6-18(22)11-19(16)23/h2-6,9,11,14H,7-8,10,12-13H2,1H3/t14-/m0/s1. The van der Waals surface area contributed by atoms with Gasteiger partial charge in [0.15, 0.2) is 0 Å². The Balaban J connectivity index is 1.58. The number of rotatable bonds is 4. The molecule has 1 aliphatic heterocycles. The Morgan fingerprint density at radius 3 is 2.62 bits per heavy atom. The number of carbonyl (C=O) groups excluding carboxylic acids is 1. The van der Waals surface area contributed by atoms with Crippen LogP contribution in [0.5, 0.6) is 0 Å². The lowest BCUT2D eigenvalue weighted by molar-refractivity contribution is -0.135. The SMILES string of the molecule is C[C@H]1CN(Cc2cccc(Cl)c2)CCN1C(=O)Cc1ccc(Cl)cc1F. The average molecular weight is 395 g/mol. The van der Waals surface area contributed by atoms with Gasteiger partial charge in [0, 0.05) is 42.3 Å². The third kappa shape index (κ3) is 4.76. The smallest absolute Gasteiger partial charge is 0.227 e. The summed E-state index contributed by atoms with van der Waals surface area (Å²) in [6.45, 7) is 5.03. The van der Waals surface area contributed by atoms with Crippen LogP contribution in [-0.2, 0) is 17.8 Å². The predicted molar refractivity (Wildman–Crippen MR) is 103 cm³/mol. The molecule has 0 radical (unpaired) electrons. The minimum atomic E-state index is -0.432. The van der Waals surface area contributed by atoms with Crippen molar-refractivity contribution in [1.82, 2.24) is 9.80 Å². The van der Waals surface area contributed by atoms with Gasteiger partial charge in [-0.25, -0.2) is 4.39 Å². The minimum absolute atomic E-state index is 0.0545. The van der Waals surface area contributed by atoms with Crippen LogP contribution < -0.4 is 0 Å². The van der Waals surface area contributed by atoms with Gasteiger partial charge in [0.05, 0.1) is 6.42 Å². The summed E-state index contributed by atoms with van der Waals surface area (Å²) in [5.74, 6) is -0.487. The maximum absolute atomic E-state index is 13.9. The molecule has 1 atom stereocenters. The van der Waals surface area contributed by atoms with Crippen LogP contribution in [0, 0.1) is 5.82 Å². The van der Waals surface area contributed by atoms with Crippen molar-refractivity contribution in [2.75, 3.05) is 19.6 Å². The van der Waals surface area contributed by atoms with Gasteiger partial charge in [-0.15, -0.1) is 0 Å². The first-order chi connectivity index (χ1) is 12.4. The van der Waals surface area contributed by atoms with Crippen molar-refractivity contribution in [3.8, 4) is 0 Å². The number of hydrogen-bond donors (Lipinski definition) is 0. The first kappa shape index (κ1) is 19.2. The van der Waals surface area contributed by atoms with Crippen LogP contribution in [0.4, 0.5) is 4.39 Å². The fraction of sp³-hybridized carbons (Fsp3) is 0.350. The van der Waals surface area contributed by atoms with Crippen molar-refractivity contribution in [1.29, 1.82) is 0 Å². The van der Waals surface area contributed by atoms with Gasteiger partial charge in [-0.3, -0.25) is 9.69 Å². The fourth-order valence-electron chi connectivity index (χ4n) is 3.37. The third-order valence-corrected chi connectivity index (χ3v) is 5.15. The maximum Gasteiger partial charge on any atom is 0.227 e. The number of nitrogens with zero attached hydrogens (tertiary/aromatic N) is 2. The second kappa shape index (κ2) is 8.38. The quantitative estimate of drug-likeness (QED) is 0.766. The lowest BCUT2D eigenvalue weighted by atomic mass is 10.1. The summed E-state index contributed by atoms with van der Waals surface area (Å²) in [6, 6.07) is 12.3. The minimum Gasteiger partial charge on any atom is -0.337 e. The molecule has 6 heteroatoms. The van der Waals surface area contributed by atoms with E-state index in [2.05, 4.69) is 11.0 Å². The largest absolute Gasteiger partial charge is 0.337 e. The summed E-state index contributed by atoms with van der Waals surface area (Å²) in [4.78, 5) is 16.8. The second-order valence-corrected chi connectivity index (χ2v) is 7.59. The summed E-state index contributed by atoms with van der Waals surface area (Å²) in [7, 11) is 0. The van der Waals surface area contributed by atoms with Gasteiger partial charge >= 0.3 is 0 Å². The van der Waals surface area contributed by atoms with Crippen molar-refractivity contribution in [3.05, 3.63) is 69.5 Å². The molecule has 1 saturated heterocycles. The molecule has 0 aliphatic carbocycles. The van der Waals surface area contributed by atoms with Crippen LogP contribution >= 0.6 is 23.2 Å². The molecule has 1 aliphatic rings. The maximum atomic E-state index is 13.9. The Morgan fingerprint density at radius 1 is 1.15 bits per heavy atom. The van der Waals surface area contributed by atoms with E-state index < -0.39 is 5.82 Å². The zero-order chi connectivity index (χ0) is 18.7. The molecule has 2 aromatic carbocycles. The van der Waals surface area contributed by atoms with E-state index in [1.54, 1.807) is 12.1 Å². The molecule has 1 heterocycles. The van der Waals surface area contributed by atoms with Gasteiger partial charge in [0.1, 0.15) is 5.82 Å². The highest BCUT2D eigenvalue weighted by molar-refractivity contribution is 6.30. The Labute approximate surface area is 163 Å². The van der Waals surface area contributed by atoms with Crippen molar-refractivity contribution >= 4 is 29.1 Å². The molecular formula is C20H21Cl2FN2O. The zero-order valence-corrected chi connectivity index (χ0v) is 16.1. The lowest BCUT2D eigenvalue weighted by Crippen LogP contribution is -2.54. The van der Waals surface area contributed by atoms with Crippen LogP contribution in [0.15, 0.2) is 42.5 Å². The number of benzene rings is 2. The monoisotopic (exact) mass is 394 g/mol. The highest BCUT2D eigenvalue weighted by Gasteiger charge is 2.27. The summed E-state index contributed by atoms with van der Waals surface area (Å²) >= 11 is 11.8. The molecule has 3 rings (SSSR count). The summed E-state index contributed by atoms with van der Waals surface area (Å²) in [6.07, 6.45) is 0.0572. The van der Waals surface area contributed by atoms with E-state index in [1.807, 2.05) is 30.0 Å². The Morgan fingerprint density at radius 2 is 1.92 bits per heavy atom. The van der Waals surface area contributed by atoms with Crippen LogP contribution in [0.2, 0.25) is 10.0 Å². The molecule has 0 unspecified atom stereocenters. The lowest BCUT2D eigenvalue weighted by Gasteiger charge is -2.40. The van der Waals surface area contributed by atoms with Crippen molar-refractivity contribution in [3.63, 3.8) is 0 Å². The Hall–Kier alpha value is -1.62. The normalized spacial score (nSPS) is 18.2. The van der Waals surface area contributed by atoms with E-state index in [0.717, 1.165) is 30.2 Å². The molecule has 26 heavy (non-hydrogen) atoms. The number of amides is 1. The molecule has 3 nitrogen and oxygen atoms in total. The van der Waals surface area contributed by atoms with Gasteiger partial charge in [0.2, 0.25) is 5.91 Å². The van der Waals surface area contributed by atoms with Gasteiger partial charge < -0.3 is 4.90 Å². The van der Waals surface area contributed by atoms with Crippen molar-refractivity contribution in [2.45, 2.75) is 25.9 Å². The second-order valence-electron chi connectivity index (χ2n) is 6.71.